The first-order chi connectivity index (χ1) is 20.9. The van der Waals surface area contributed by atoms with Crippen LogP contribution in [-0.2, 0) is 9.53 Å². The Morgan fingerprint density at radius 2 is 1.91 bits per heavy atom. The van der Waals surface area contributed by atoms with Crippen molar-refractivity contribution in [1.82, 2.24) is 4.57 Å². The summed E-state index contributed by atoms with van der Waals surface area (Å²) < 4.78 is 44.0. The Morgan fingerprint density at radius 3 is 2.59 bits per heavy atom. The maximum Gasteiger partial charge on any atom is 0.414 e. The lowest BCUT2D eigenvalue weighted by Gasteiger charge is -2.32. The number of likely N-dealkylation sites (N-methyl/N-ethyl adjacent to an activating group) is 1. The highest BCUT2D eigenvalue weighted by molar-refractivity contribution is 5.97. The number of hydrogen-bond donors (Lipinski definition) is 2. The number of rotatable bonds is 7. The molecule has 0 saturated carbocycles. The van der Waals surface area contributed by atoms with E-state index in [4.69, 9.17) is 15.2 Å². The van der Waals surface area contributed by atoms with Crippen LogP contribution in [0.25, 0.3) is 10.9 Å². The van der Waals surface area contributed by atoms with Gasteiger partial charge in [0, 0.05) is 32.4 Å². The van der Waals surface area contributed by atoms with Gasteiger partial charge in [-0.1, -0.05) is 0 Å². The number of carboxylic acid groups (broad SMARTS) is 1. The van der Waals surface area contributed by atoms with Gasteiger partial charge >= 0.3 is 12.1 Å². The number of carbonyl (C=O) groups excluding carboxylic acids is 2. The van der Waals surface area contributed by atoms with Gasteiger partial charge in [-0.05, 0) is 44.5 Å². The molecule has 3 aliphatic rings. The molecule has 2 unspecified atom stereocenters. The van der Waals surface area contributed by atoms with Gasteiger partial charge in [-0.25, -0.2) is 18.4 Å². The molecule has 232 valence electrons. The number of nitrogens with two attached hydrogens (primary N) is 1. The molecule has 14 heteroatoms. The van der Waals surface area contributed by atoms with Crippen molar-refractivity contribution in [2.24, 2.45) is 5.73 Å². The molecule has 0 bridgehead atoms. The molecule has 2 aromatic carbocycles. The summed E-state index contributed by atoms with van der Waals surface area (Å²) in [5.41, 5.74) is 5.63. The summed E-state index contributed by atoms with van der Waals surface area (Å²) in [6.45, 7) is 4.01. The van der Waals surface area contributed by atoms with E-state index in [2.05, 4.69) is 0 Å². The second-order valence-electron chi connectivity index (χ2n) is 11.5. The second-order valence-corrected chi connectivity index (χ2v) is 11.5. The van der Waals surface area contributed by atoms with Crippen molar-refractivity contribution in [2.45, 2.75) is 44.5 Å². The number of carbonyl (C=O) groups is 3. The minimum Gasteiger partial charge on any atom is -0.487 e. The highest BCUT2D eigenvalue weighted by Gasteiger charge is 2.39. The zero-order chi connectivity index (χ0) is 31.6. The number of cyclic esters (lactones) is 1. The number of ketones is 1. The van der Waals surface area contributed by atoms with E-state index in [0.29, 0.717) is 25.0 Å². The fourth-order valence-electron chi connectivity index (χ4n) is 6.21. The van der Waals surface area contributed by atoms with Crippen LogP contribution in [0.15, 0.2) is 35.3 Å². The molecular weight excluding hydrogens is 580 g/mol. The van der Waals surface area contributed by atoms with Gasteiger partial charge in [-0.15, -0.1) is 0 Å². The third kappa shape index (κ3) is 4.69. The molecule has 0 radical (unpaired) electrons. The number of benzene rings is 2. The number of anilines is 3. The lowest BCUT2D eigenvalue weighted by Crippen LogP contribution is -2.43. The Hall–Kier alpha value is -4.72. The minimum atomic E-state index is -1.39. The van der Waals surface area contributed by atoms with E-state index in [1.807, 2.05) is 6.92 Å². The lowest BCUT2D eigenvalue weighted by atomic mass is 10.1. The lowest BCUT2D eigenvalue weighted by molar-refractivity contribution is -0.120. The van der Waals surface area contributed by atoms with Gasteiger partial charge in [0.15, 0.2) is 11.6 Å². The SMILES string of the molecule is CC(=O)[C@@H](N)[C@@H]1CN(c2ccc(N(C)C3CCN(c4c(F)cc5c(=O)c(C(=O)O)cn6c5c4OCC6C)C3)c(F)c2)C(=O)O1. The predicted octanol–water partition coefficient (Wildman–Crippen LogP) is 2.89. The number of halogens is 2. The number of nitrogens with zero attached hydrogens (tertiary/aromatic N) is 4. The van der Waals surface area contributed by atoms with Gasteiger partial charge in [0.2, 0.25) is 5.43 Å². The molecule has 6 rings (SSSR count). The van der Waals surface area contributed by atoms with Crippen LogP contribution in [0.5, 0.6) is 5.75 Å². The van der Waals surface area contributed by atoms with Crippen LogP contribution in [0.1, 0.15) is 36.7 Å². The average molecular weight is 612 g/mol. The average Bonchev–Trinajstić information content (AvgIpc) is 3.62. The smallest absolute Gasteiger partial charge is 0.414 e. The summed E-state index contributed by atoms with van der Waals surface area (Å²) in [7, 11) is 1.72. The van der Waals surface area contributed by atoms with Crippen LogP contribution in [-0.4, -0.2) is 79.0 Å². The van der Waals surface area contributed by atoms with Crippen LogP contribution < -0.4 is 30.6 Å². The largest absolute Gasteiger partial charge is 0.487 e. The van der Waals surface area contributed by atoms with E-state index < -0.39 is 46.8 Å². The maximum atomic E-state index is 15.7. The molecule has 12 nitrogen and oxygen atoms in total. The summed E-state index contributed by atoms with van der Waals surface area (Å²) in [5, 5.41) is 9.45. The quantitative estimate of drug-likeness (QED) is 0.409. The monoisotopic (exact) mass is 611 g/mol. The Morgan fingerprint density at radius 1 is 1.16 bits per heavy atom. The van der Waals surface area contributed by atoms with Crippen LogP contribution in [0, 0.1) is 11.6 Å². The van der Waals surface area contributed by atoms with Crippen molar-refractivity contribution in [1.29, 1.82) is 0 Å². The molecule has 3 N–H and O–H groups in total. The first-order valence-electron chi connectivity index (χ1n) is 14.2. The zero-order valence-electron chi connectivity index (χ0n) is 24.3. The van der Waals surface area contributed by atoms with E-state index in [-0.39, 0.29) is 59.2 Å². The van der Waals surface area contributed by atoms with Crippen molar-refractivity contribution in [3.63, 3.8) is 0 Å². The molecule has 44 heavy (non-hydrogen) atoms. The Labute approximate surface area is 250 Å². The molecule has 2 saturated heterocycles. The van der Waals surface area contributed by atoms with E-state index in [9.17, 15) is 24.3 Å². The Kier molecular flexibility index (Phi) is 7.19. The van der Waals surface area contributed by atoms with Crippen LogP contribution in [0.4, 0.5) is 30.6 Å². The third-order valence-corrected chi connectivity index (χ3v) is 8.73. The molecule has 3 aromatic rings. The zero-order valence-corrected chi connectivity index (χ0v) is 24.3. The van der Waals surface area contributed by atoms with E-state index in [1.165, 1.54) is 24.1 Å². The molecular formula is C30H31F2N5O7. The van der Waals surface area contributed by atoms with Crippen molar-refractivity contribution in [3.8, 4) is 5.75 Å². The normalized spacial score (nSPS) is 21.8. The van der Waals surface area contributed by atoms with Crippen LogP contribution in [0.3, 0.4) is 0 Å². The summed E-state index contributed by atoms with van der Waals surface area (Å²) in [4.78, 5) is 53.4. The molecule has 0 aliphatic carbocycles. The van der Waals surface area contributed by atoms with Crippen molar-refractivity contribution in [2.75, 3.05) is 48.0 Å². The van der Waals surface area contributed by atoms with E-state index >= 15 is 8.78 Å². The number of pyridine rings is 1. The first-order valence-corrected chi connectivity index (χ1v) is 14.2. The standard InChI is InChI=1S/C30H31F2N5O7/c1-14-13-43-28-25-18(27(39)19(29(40)41)11-36(14)25)9-21(32)26(28)35-7-6-17(10-35)34(3)22-5-4-16(8-20(22)31)37-12-23(44-30(37)42)24(33)15(2)38/h4-5,8-9,11,14,17,23-24H,6-7,10,12-13,33H2,1-3H3,(H,40,41)/t14?,17?,23-,24+/m0/s1. The van der Waals surface area contributed by atoms with Crippen molar-refractivity contribution in [3.05, 3.63) is 57.9 Å². The van der Waals surface area contributed by atoms with Crippen LogP contribution >= 0.6 is 0 Å². The molecule has 4 heterocycles. The molecule has 4 atom stereocenters. The summed E-state index contributed by atoms with van der Waals surface area (Å²) in [6.07, 6.45) is 0.273. The molecule has 2 fully saturated rings. The summed E-state index contributed by atoms with van der Waals surface area (Å²) >= 11 is 0. The number of hydrogen-bond acceptors (Lipinski definition) is 9. The van der Waals surface area contributed by atoms with E-state index in [1.54, 1.807) is 33.5 Å². The highest BCUT2D eigenvalue weighted by Crippen LogP contribution is 2.43. The fraction of sp³-hybridized carbons (Fsp3) is 0.400. The fourth-order valence-corrected chi connectivity index (χ4v) is 6.21. The predicted molar refractivity (Wildman–Crippen MR) is 157 cm³/mol. The van der Waals surface area contributed by atoms with Gasteiger partial charge < -0.3 is 34.7 Å². The number of aromatic carboxylic acids is 1. The third-order valence-electron chi connectivity index (χ3n) is 8.73. The molecule has 1 amide bonds. The van der Waals surface area contributed by atoms with Gasteiger partial charge in [0.05, 0.1) is 34.9 Å². The minimum absolute atomic E-state index is 0.0117. The highest BCUT2D eigenvalue weighted by atomic mass is 19.1. The maximum absolute atomic E-state index is 15.7. The van der Waals surface area contributed by atoms with Crippen molar-refractivity contribution >= 4 is 45.8 Å². The number of Topliss-reactive ketones (excluding diaryl/α,β-unsaturated/α-hetero) is 1. The number of aromatic nitrogens is 1. The molecule has 0 spiro atoms. The van der Waals surface area contributed by atoms with Crippen molar-refractivity contribution < 1.29 is 37.7 Å². The second kappa shape index (κ2) is 10.8. The number of carboxylic acids is 1. The first kappa shape index (κ1) is 29.4. The topological polar surface area (TPSA) is 148 Å². The van der Waals surface area contributed by atoms with Gasteiger partial charge in [0.1, 0.15) is 41.6 Å². The number of ether oxygens (including phenoxy) is 2. The van der Waals surface area contributed by atoms with Crippen LogP contribution in [0.2, 0.25) is 0 Å². The molecule has 3 aliphatic heterocycles. The summed E-state index contributed by atoms with van der Waals surface area (Å²) in [5.74, 6) is -2.84. The Bertz CT molecular complexity index is 1780. The van der Waals surface area contributed by atoms with E-state index in [0.717, 1.165) is 6.07 Å². The Balaban J connectivity index is 1.25. The molecule has 1 aromatic heterocycles. The number of amides is 1. The van der Waals surface area contributed by atoms with Gasteiger partial charge in [0.25, 0.3) is 0 Å². The van der Waals surface area contributed by atoms with Gasteiger partial charge in [-0.2, -0.15) is 0 Å². The van der Waals surface area contributed by atoms with Gasteiger partial charge in [-0.3, -0.25) is 14.5 Å². The summed E-state index contributed by atoms with van der Waals surface area (Å²) in [6, 6.07) is 3.91.